The predicted molar refractivity (Wildman–Crippen MR) is 131 cm³/mol. The minimum Gasteiger partial charge on any atom is -0.379 e. The van der Waals surface area contributed by atoms with E-state index in [4.69, 9.17) is 15.8 Å². The number of anilines is 1. The van der Waals surface area contributed by atoms with Crippen LogP contribution in [-0.4, -0.2) is 25.4 Å². The number of carbonyl (C=O) groups excluding carboxylic acids is 1. The fourth-order valence-corrected chi connectivity index (χ4v) is 4.46. The first-order valence-corrected chi connectivity index (χ1v) is 12.7. The van der Waals surface area contributed by atoms with E-state index in [9.17, 15) is 26.4 Å². The fourth-order valence-electron chi connectivity index (χ4n) is 3.30. The molecule has 0 aromatic heterocycles. The molecule has 0 aliphatic heterocycles. The van der Waals surface area contributed by atoms with E-state index in [1.54, 1.807) is 35.2 Å². The molecule has 3 aromatic rings. The van der Waals surface area contributed by atoms with E-state index in [0.717, 1.165) is 18.2 Å². The molecule has 0 bridgehead atoms. The zero-order valence-electron chi connectivity index (χ0n) is 19.4. The maximum Gasteiger partial charge on any atom is 0.416 e. The second-order valence-electron chi connectivity index (χ2n) is 8.04. The van der Waals surface area contributed by atoms with Crippen molar-refractivity contribution in [2.75, 3.05) is 5.32 Å². The van der Waals surface area contributed by atoms with Crippen LogP contribution in [0.3, 0.4) is 0 Å². The van der Waals surface area contributed by atoms with Crippen LogP contribution in [0.2, 0.25) is 5.02 Å². The lowest BCUT2D eigenvalue weighted by molar-refractivity contribution is -0.137. The van der Waals surface area contributed by atoms with Crippen LogP contribution in [0.15, 0.2) is 77.7 Å². The average Bonchev–Trinajstić information content (AvgIpc) is 2.81. The third-order valence-corrected chi connectivity index (χ3v) is 6.85. The number of alkyl halides is 3. The number of hydrogen-bond donors (Lipinski definition) is 1. The molecule has 1 atom stereocenters. The van der Waals surface area contributed by atoms with Crippen molar-refractivity contribution in [3.05, 3.63) is 88.9 Å². The van der Waals surface area contributed by atoms with Crippen molar-refractivity contribution in [2.24, 2.45) is 0 Å². The average molecular weight is 541 g/mol. The molecule has 0 saturated heterocycles. The second kappa shape index (κ2) is 11.2. The van der Waals surface area contributed by atoms with Gasteiger partial charge in [0.05, 0.1) is 5.56 Å². The van der Waals surface area contributed by atoms with Crippen LogP contribution >= 0.6 is 11.6 Å². The van der Waals surface area contributed by atoms with Crippen molar-refractivity contribution in [3.63, 3.8) is 0 Å². The summed E-state index contributed by atoms with van der Waals surface area (Å²) in [7, 11) is -4.53. The van der Waals surface area contributed by atoms with Crippen LogP contribution < -0.4 is 9.50 Å². The van der Waals surface area contributed by atoms with Gasteiger partial charge < -0.3 is 14.4 Å². The van der Waals surface area contributed by atoms with E-state index in [0.29, 0.717) is 28.8 Å². The molecule has 0 saturated carbocycles. The molecule has 0 aliphatic carbocycles. The molecule has 1 N–H and O–H groups in total. The van der Waals surface area contributed by atoms with Gasteiger partial charge in [0.2, 0.25) is 0 Å². The Hall–Kier alpha value is -3.24. The molecule has 2 amide bonds. The van der Waals surface area contributed by atoms with Crippen LogP contribution in [-0.2, 0) is 22.8 Å². The molecular formula is C25H24ClF3N2O4S. The molecule has 11 heteroatoms. The summed E-state index contributed by atoms with van der Waals surface area (Å²) in [4.78, 5) is 13.9. The van der Waals surface area contributed by atoms with Gasteiger partial charge in [-0.25, -0.2) is 4.79 Å². The Bertz CT molecular complexity index is 1330. The number of hydrogen-bond acceptors (Lipinski definition) is 4. The molecule has 0 radical (unpaired) electrons. The van der Waals surface area contributed by atoms with Crippen LogP contribution in [0.25, 0.3) is 0 Å². The van der Waals surface area contributed by atoms with Gasteiger partial charge >= 0.3 is 22.3 Å². The first-order valence-electron chi connectivity index (χ1n) is 10.9. The van der Waals surface area contributed by atoms with Crippen molar-refractivity contribution < 1.29 is 30.6 Å². The Morgan fingerprint density at radius 2 is 1.75 bits per heavy atom. The van der Waals surface area contributed by atoms with E-state index < -0.39 is 26.8 Å². The van der Waals surface area contributed by atoms with Crippen LogP contribution in [0.4, 0.5) is 23.7 Å². The lowest BCUT2D eigenvalue weighted by Crippen LogP contribution is -2.40. The van der Waals surface area contributed by atoms with Gasteiger partial charge in [0.15, 0.2) is 0 Å². The second-order valence-corrected chi connectivity index (χ2v) is 10.0. The van der Waals surface area contributed by atoms with Gasteiger partial charge in [-0.1, -0.05) is 42.8 Å². The van der Waals surface area contributed by atoms with Gasteiger partial charge in [-0.3, -0.25) is 0 Å². The first-order chi connectivity index (χ1) is 16.9. The highest BCUT2D eigenvalue weighted by Crippen LogP contribution is 2.31. The largest absolute Gasteiger partial charge is 0.416 e. The Morgan fingerprint density at radius 3 is 2.42 bits per heavy atom. The molecule has 0 heterocycles. The maximum atomic E-state index is 13.0. The van der Waals surface area contributed by atoms with Crippen molar-refractivity contribution in [1.29, 1.82) is 0 Å². The van der Waals surface area contributed by atoms with Crippen molar-refractivity contribution in [1.82, 2.24) is 4.90 Å². The van der Waals surface area contributed by atoms with Crippen LogP contribution in [0.5, 0.6) is 5.75 Å². The minimum atomic E-state index is -4.70. The standard InChI is InChI=1S/C25H24ClF3N2O4S/c1-3-17(2)31(24(32)30-21-10-6-9-20(26)15-21)16-18-7-4-11-22(13-18)35-36(33,34)23-12-5-8-19(14-23)25(27,28)29/h4-15,17H,3,16H2,1-2H3,(H,30,32). The van der Waals surface area contributed by atoms with E-state index in [2.05, 4.69) is 5.32 Å². The van der Waals surface area contributed by atoms with Crippen molar-refractivity contribution in [2.45, 2.75) is 43.9 Å². The number of halogens is 4. The zero-order chi connectivity index (χ0) is 26.5. The highest BCUT2D eigenvalue weighted by Gasteiger charge is 2.32. The van der Waals surface area contributed by atoms with Gasteiger partial charge in [-0.05, 0) is 67.4 Å². The maximum absolute atomic E-state index is 13.0. The molecule has 192 valence electrons. The Labute approximate surface area is 212 Å². The summed E-state index contributed by atoms with van der Waals surface area (Å²) < 4.78 is 69.4. The lowest BCUT2D eigenvalue weighted by atomic mass is 10.1. The van der Waals surface area contributed by atoms with Gasteiger partial charge in [0.1, 0.15) is 10.6 Å². The number of carbonyl (C=O) groups is 1. The number of nitrogens with zero attached hydrogens (tertiary/aromatic N) is 1. The molecule has 0 fully saturated rings. The van der Waals surface area contributed by atoms with Crippen molar-refractivity contribution >= 4 is 33.4 Å². The highest BCUT2D eigenvalue weighted by atomic mass is 35.5. The number of amides is 2. The summed E-state index contributed by atoms with van der Waals surface area (Å²) in [6, 6.07) is 15.5. The normalized spacial score (nSPS) is 12.6. The molecule has 36 heavy (non-hydrogen) atoms. The summed E-state index contributed by atoms with van der Waals surface area (Å²) in [5.74, 6) is -0.0933. The van der Waals surface area contributed by atoms with E-state index in [1.807, 2.05) is 13.8 Å². The van der Waals surface area contributed by atoms with Crippen molar-refractivity contribution in [3.8, 4) is 5.75 Å². The first kappa shape index (κ1) is 27.3. The SMILES string of the molecule is CCC(C)N(Cc1cccc(OS(=O)(=O)c2cccc(C(F)(F)F)c2)c1)C(=O)Nc1cccc(Cl)c1. The number of urea groups is 1. The number of rotatable bonds is 8. The van der Waals surface area contributed by atoms with Gasteiger partial charge in [-0.15, -0.1) is 0 Å². The lowest BCUT2D eigenvalue weighted by Gasteiger charge is -2.29. The van der Waals surface area contributed by atoms with Crippen LogP contribution in [0.1, 0.15) is 31.4 Å². The Kier molecular flexibility index (Phi) is 8.52. The van der Waals surface area contributed by atoms with Gasteiger partial charge in [-0.2, -0.15) is 21.6 Å². The van der Waals surface area contributed by atoms with E-state index in [-0.39, 0.29) is 24.4 Å². The summed E-state index contributed by atoms with van der Waals surface area (Å²) in [6.45, 7) is 3.92. The predicted octanol–water partition coefficient (Wildman–Crippen LogP) is 6.96. The van der Waals surface area contributed by atoms with E-state index in [1.165, 1.54) is 18.2 Å². The summed E-state index contributed by atoms with van der Waals surface area (Å²) in [6.07, 6.45) is -4.04. The quantitative estimate of drug-likeness (QED) is 0.313. The van der Waals surface area contributed by atoms with Crippen LogP contribution in [0, 0.1) is 0 Å². The molecule has 0 aliphatic rings. The highest BCUT2D eigenvalue weighted by molar-refractivity contribution is 7.87. The molecule has 6 nitrogen and oxygen atoms in total. The third kappa shape index (κ3) is 7.14. The van der Waals surface area contributed by atoms with Gasteiger partial charge in [0, 0.05) is 23.3 Å². The molecule has 3 aromatic carbocycles. The molecule has 0 spiro atoms. The Morgan fingerprint density at radius 1 is 1.06 bits per heavy atom. The fraction of sp³-hybridized carbons (Fsp3) is 0.240. The topological polar surface area (TPSA) is 75.7 Å². The third-order valence-electron chi connectivity index (χ3n) is 5.37. The Balaban J connectivity index is 1.80. The van der Waals surface area contributed by atoms with Gasteiger partial charge in [0.25, 0.3) is 0 Å². The van der Waals surface area contributed by atoms with E-state index >= 15 is 0 Å². The number of benzene rings is 3. The smallest absolute Gasteiger partial charge is 0.379 e. The summed E-state index contributed by atoms with van der Waals surface area (Å²) in [5, 5.41) is 3.26. The summed E-state index contributed by atoms with van der Waals surface area (Å²) in [5.41, 5.74) is -0.0193. The zero-order valence-corrected chi connectivity index (χ0v) is 21.0. The molecule has 3 rings (SSSR count). The minimum absolute atomic E-state index is 0.0933. The summed E-state index contributed by atoms with van der Waals surface area (Å²) >= 11 is 5.99. The molecular weight excluding hydrogens is 517 g/mol. The number of nitrogens with one attached hydrogen (secondary N) is 1. The molecule has 1 unspecified atom stereocenters. The monoisotopic (exact) mass is 540 g/mol.